The molecule has 1 aromatic carbocycles. The van der Waals surface area contributed by atoms with Crippen LogP contribution < -0.4 is 4.74 Å². The van der Waals surface area contributed by atoms with E-state index in [1.54, 1.807) is 0 Å². The lowest BCUT2D eigenvalue weighted by Crippen LogP contribution is -1.95. The summed E-state index contributed by atoms with van der Waals surface area (Å²) in [5.41, 5.74) is 1.34. The first-order valence-electron chi connectivity index (χ1n) is 6.00. The van der Waals surface area contributed by atoms with Crippen LogP contribution in [0.3, 0.4) is 0 Å². The summed E-state index contributed by atoms with van der Waals surface area (Å²) in [5, 5.41) is 0. The van der Waals surface area contributed by atoms with Crippen molar-refractivity contribution >= 4 is 15.9 Å². The van der Waals surface area contributed by atoms with E-state index in [9.17, 15) is 0 Å². The Morgan fingerprint density at radius 3 is 2.25 bits per heavy atom. The lowest BCUT2D eigenvalue weighted by molar-refractivity contribution is 0.340. The van der Waals surface area contributed by atoms with Gasteiger partial charge in [0.25, 0.3) is 0 Å². The Hall–Kier alpha value is -0.500. The summed E-state index contributed by atoms with van der Waals surface area (Å²) >= 11 is 3.74. The Labute approximate surface area is 107 Å². The van der Waals surface area contributed by atoms with Gasteiger partial charge in [-0.15, -0.1) is 0 Å². The highest BCUT2D eigenvalue weighted by atomic mass is 79.9. The van der Waals surface area contributed by atoms with Crippen LogP contribution in [0.4, 0.5) is 0 Å². The molecular formula is C14H21BrO. The molecule has 0 fully saturated rings. The molecule has 0 heterocycles. The normalized spacial score (nSPS) is 12.8. The molecule has 0 saturated heterocycles. The molecule has 1 aromatic rings. The Morgan fingerprint density at radius 2 is 1.75 bits per heavy atom. The number of alkyl halides is 1. The smallest absolute Gasteiger partial charge is 0.119 e. The van der Waals surface area contributed by atoms with E-state index in [2.05, 4.69) is 41.9 Å². The molecule has 1 atom stereocenters. The molecule has 1 rings (SSSR count). The van der Waals surface area contributed by atoms with Crippen molar-refractivity contribution in [1.29, 1.82) is 0 Å². The van der Waals surface area contributed by atoms with Crippen molar-refractivity contribution in [3.63, 3.8) is 0 Å². The van der Waals surface area contributed by atoms with Crippen molar-refractivity contribution in [1.82, 2.24) is 0 Å². The van der Waals surface area contributed by atoms with Crippen LogP contribution in [-0.4, -0.2) is 6.61 Å². The van der Waals surface area contributed by atoms with Crippen LogP contribution in [0.2, 0.25) is 0 Å². The van der Waals surface area contributed by atoms with E-state index < -0.39 is 0 Å². The molecule has 0 aliphatic rings. The molecule has 2 heteroatoms. The molecule has 16 heavy (non-hydrogen) atoms. The molecule has 0 aliphatic heterocycles. The molecule has 0 bridgehead atoms. The number of ether oxygens (including phenoxy) is 1. The van der Waals surface area contributed by atoms with E-state index in [4.69, 9.17) is 4.74 Å². The maximum Gasteiger partial charge on any atom is 0.119 e. The van der Waals surface area contributed by atoms with Gasteiger partial charge in [0.05, 0.1) is 6.61 Å². The lowest BCUT2D eigenvalue weighted by Gasteiger charge is -2.12. The maximum absolute atomic E-state index is 5.42. The summed E-state index contributed by atoms with van der Waals surface area (Å²) < 4.78 is 5.42. The summed E-state index contributed by atoms with van der Waals surface area (Å²) in [7, 11) is 0. The summed E-state index contributed by atoms with van der Waals surface area (Å²) in [6, 6.07) is 8.38. The Bertz CT molecular complexity index is 292. The van der Waals surface area contributed by atoms with Gasteiger partial charge in [-0.25, -0.2) is 0 Å². The van der Waals surface area contributed by atoms with Gasteiger partial charge < -0.3 is 4.74 Å². The average molecular weight is 285 g/mol. The van der Waals surface area contributed by atoms with Crippen molar-refractivity contribution in [2.75, 3.05) is 6.61 Å². The molecule has 0 amide bonds. The van der Waals surface area contributed by atoms with Gasteiger partial charge in [-0.3, -0.25) is 0 Å². The Balaban J connectivity index is 2.52. The van der Waals surface area contributed by atoms with E-state index in [1.165, 1.54) is 18.4 Å². The second kappa shape index (κ2) is 6.95. The molecule has 0 aliphatic carbocycles. The minimum Gasteiger partial charge on any atom is -0.494 e. The molecule has 1 unspecified atom stereocenters. The van der Waals surface area contributed by atoms with Crippen LogP contribution >= 0.6 is 15.9 Å². The fourth-order valence-corrected chi connectivity index (χ4v) is 2.16. The highest BCUT2D eigenvalue weighted by Gasteiger charge is 2.08. The summed E-state index contributed by atoms with van der Waals surface area (Å²) in [6.45, 7) is 7.25. The SMILES string of the molecule is CCOc1ccc(C(Br)CCC(C)C)cc1. The zero-order valence-corrected chi connectivity index (χ0v) is 12.0. The van der Waals surface area contributed by atoms with Crippen molar-refractivity contribution in [2.45, 2.75) is 38.4 Å². The van der Waals surface area contributed by atoms with Crippen molar-refractivity contribution in [3.8, 4) is 5.75 Å². The zero-order chi connectivity index (χ0) is 12.0. The van der Waals surface area contributed by atoms with E-state index in [0.717, 1.165) is 18.3 Å². The predicted octanol–water partition coefficient (Wildman–Crippen LogP) is 4.96. The van der Waals surface area contributed by atoms with Gasteiger partial charge in [-0.2, -0.15) is 0 Å². The number of hydrogen-bond donors (Lipinski definition) is 0. The third kappa shape index (κ3) is 4.56. The predicted molar refractivity (Wildman–Crippen MR) is 73.4 cm³/mol. The van der Waals surface area contributed by atoms with E-state index in [1.807, 2.05) is 19.1 Å². The van der Waals surface area contributed by atoms with Gasteiger partial charge in [0.1, 0.15) is 5.75 Å². The number of rotatable bonds is 6. The topological polar surface area (TPSA) is 9.23 Å². The first kappa shape index (κ1) is 13.6. The van der Waals surface area contributed by atoms with Crippen LogP contribution in [-0.2, 0) is 0 Å². The molecule has 90 valence electrons. The quantitative estimate of drug-likeness (QED) is 0.671. The van der Waals surface area contributed by atoms with Gasteiger partial charge in [0.2, 0.25) is 0 Å². The lowest BCUT2D eigenvalue weighted by atomic mass is 10.0. The zero-order valence-electron chi connectivity index (χ0n) is 10.4. The van der Waals surface area contributed by atoms with Gasteiger partial charge in [-0.05, 0) is 43.4 Å². The standard InChI is InChI=1S/C14H21BrO/c1-4-16-13-8-6-12(7-9-13)14(15)10-5-11(2)3/h6-9,11,14H,4-5,10H2,1-3H3. The highest BCUT2D eigenvalue weighted by molar-refractivity contribution is 9.09. The largest absolute Gasteiger partial charge is 0.494 e. The van der Waals surface area contributed by atoms with Crippen LogP contribution in [0.25, 0.3) is 0 Å². The summed E-state index contributed by atoms with van der Waals surface area (Å²) in [4.78, 5) is 0.463. The Morgan fingerprint density at radius 1 is 1.12 bits per heavy atom. The molecule has 0 spiro atoms. The van der Waals surface area contributed by atoms with E-state index in [0.29, 0.717) is 4.83 Å². The van der Waals surface area contributed by atoms with Crippen LogP contribution in [0.15, 0.2) is 24.3 Å². The molecular weight excluding hydrogens is 264 g/mol. The molecule has 1 nitrogen and oxygen atoms in total. The van der Waals surface area contributed by atoms with Gasteiger partial charge in [0.15, 0.2) is 0 Å². The van der Waals surface area contributed by atoms with Crippen LogP contribution in [0, 0.1) is 5.92 Å². The van der Waals surface area contributed by atoms with E-state index >= 15 is 0 Å². The minimum atomic E-state index is 0.463. The molecule has 0 N–H and O–H groups in total. The van der Waals surface area contributed by atoms with Crippen LogP contribution in [0.5, 0.6) is 5.75 Å². The molecule has 0 saturated carbocycles. The third-order valence-corrected chi connectivity index (χ3v) is 3.54. The minimum absolute atomic E-state index is 0.463. The van der Waals surface area contributed by atoms with Gasteiger partial charge in [-0.1, -0.05) is 41.9 Å². The third-order valence-electron chi connectivity index (χ3n) is 2.55. The molecule has 0 aromatic heterocycles. The first-order chi connectivity index (χ1) is 7.63. The highest BCUT2D eigenvalue weighted by Crippen LogP contribution is 2.30. The number of halogens is 1. The second-order valence-electron chi connectivity index (χ2n) is 4.44. The monoisotopic (exact) mass is 284 g/mol. The van der Waals surface area contributed by atoms with E-state index in [-0.39, 0.29) is 0 Å². The fourth-order valence-electron chi connectivity index (χ4n) is 1.59. The second-order valence-corrected chi connectivity index (χ2v) is 5.55. The first-order valence-corrected chi connectivity index (χ1v) is 6.92. The van der Waals surface area contributed by atoms with Crippen LogP contribution in [0.1, 0.15) is 44.0 Å². The average Bonchev–Trinajstić information content (AvgIpc) is 2.27. The van der Waals surface area contributed by atoms with Gasteiger partial charge in [0, 0.05) is 4.83 Å². The Kier molecular flexibility index (Phi) is 5.89. The number of benzene rings is 1. The molecule has 0 radical (unpaired) electrons. The van der Waals surface area contributed by atoms with Crippen molar-refractivity contribution in [3.05, 3.63) is 29.8 Å². The maximum atomic E-state index is 5.42. The number of hydrogen-bond acceptors (Lipinski definition) is 1. The van der Waals surface area contributed by atoms with Crippen molar-refractivity contribution in [2.24, 2.45) is 5.92 Å². The van der Waals surface area contributed by atoms with Crippen molar-refractivity contribution < 1.29 is 4.74 Å². The van der Waals surface area contributed by atoms with Gasteiger partial charge >= 0.3 is 0 Å². The summed E-state index contributed by atoms with van der Waals surface area (Å²) in [5.74, 6) is 1.72. The summed E-state index contributed by atoms with van der Waals surface area (Å²) in [6.07, 6.45) is 2.44. The fraction of sp³-hybridized carbons (Fsp3) is 0.571.